The second kappa shape index (κ2) is 5.69. The van der Waals surface area contributed by atoms with Gasteiger partial charge in [-0.15, -0.1) is 0 Å². The molecule has 80 valence electrons. The Morgan fingerprint density at radius 1 is 1.27 bits per heavy atom. The van der Waals surface area contributed by atoms with Gasteiger partial charge in [-0.25, -0.2) is 8.78 Å². The van der Waals surface area contributed by atoms with Gasteiger partial charge in [-0.1, -0.05) is 23.4 Å². The molecule has 0 saturated carbocycles. The minimum Gasteiger partial charge on any atom is -0.396 e. The first-order valence-electron chi connectivity index (χ1n) is 4.39. The highest BCUT2D eigenvalue weighted by molar-refractivity contribution is 6.31. The van der Waals surface area contributed by atoms with E-state index in [0.717, 1.165) is 12.1 Å². The summed E-state index contributed by atoms with van der Waals surface area (Å²) in [6.45, 7) is 0.0557. The molecule has 1 nitrogen and oxygen atoms in total. The van der Waals surface area contributed by atoms with Crippen molar-refractivity contribution in [3.8, 4) is 11.8 Å². The molecule has 0 radical (unpaired) electrons. The summed E-state index contributed by atoms with van der Waals surface area (Å²) >= 11 is 5.66. The van der Waals surface area contributed by atoms with Gasteiger partial charge in [0.1, 0.15) is 0 Å². The zero-order valence-corrected chi connectivity index (χ0v) is 8.61. The van der Waals surface area contributed by atoms with Gasteiger partial charge >= 0.3 is 0 Å². The highest BCUT2D eigenvalue weighted by Crippen LogP contribution is 2.18. The molecule has 0 heterocycles. The van der Waals surface area contributed by atoms with Crippen LogP contribution in [0.2, 0.25) is 5.02 Å². The first-order valence-corrected chi connectivity index (χ1v) is 4.77. The monoisotopic (exact) mass is 230 g/mol. The molecule has 1 aromatic carbocycles. The van der Waals surface area contributed by atoms with E-state index in [1.165, 1.54) is 0 Å². The molecule has 0 bridgehead atoms. The third-order valence-electron chi connectivity index (χ3n) is 1.69. The van der Waals surface area contributed by atoms with Gasteiger partial charge < -0.3 is 5.11 Å². The molecule has 0 atom stereocenters. The van der Waals surface area contributed by atoms with Crippen LogP contribution in [0.1, 0.15) is 18.4 Å². The van der Waals surface area contributed by atoms with E-state index >= 15 is 0 Å². The molecule has 15 heavy (non-hydrogen) atoms. The Morgan fingerprint density at radius 3 is 2.60 bits per heavy atom. The number of benzene rings is 1. The summed E-state index contributed by atoms with van der Waals surface area (Å²) in [5.74, 6) is 3.37. The topological polar surface area (TPSA) is 20.2 Å². The van der Waals surface area contributed by atoms with E-state index in [-0.39, 0.29) is 17.2 Å². The predicted octanol–water partition coefficient (Wildman–Crippen LogP) is 2.74. The van der Waals surface area contributed by atoms with Crippen molar-refractivity contribution in [3.63, 3.8) is 0 Å². The van der Waals surface area contributed by atoms with Crippen molar-refractivity contribution in [2.24, 2.45) is 0 Å². The largest absolute Gasteiger partial charge is 0.396 e. The fourth-order valence-corrected chi connectivity index (χ4v) is 1.14. The zero-order chi connectivity index (χ0) is 11.3. The summed E-state index contributed by atoms with van der Waals surface area (Å²) in [7, 11) is 0. The van der Waals surface area contributed by atoms with Crippen molar-refractivity contribution in [1.82, 2.24) is 0 Å². The van der Waals surface area contributed by atoms with Crippen LogP contribution in [0.15, 0.2) is 12.1 Å². The molecular formula is C11H9ClF2O. The Labute approximate surface area is 91.7 Å². The summed E-state index contributed by atoms with van der Waals surface area (Å²) in [5, 5.41) is 8.58. The molecule has 0 aromatic heterocycles. The number of rotatable bonds is 2. The maximum absolute atomic E-state index is 12.8. The lowest BCUT2D eigenvalue weighted by Gasteiger charge is -1.97. The average Bonchev–Trinajstić information content (AvgIpc) is 2.20. The van der Waals surface area contributed by atoms with E-state index in [9.17, 15) is 8.78 Å². The first kappa shape index (κ1) is 12.0. The highest BCUT2D eigenvalue weighted by Gasteiger charge is 2.05. The maximum Gasteiger partial charge on any atom is 0.160 e. The van der Waals surface area contributed by atoms with Crippen molar-refractivity contribution in [2.45, 2.75) is 12.8 Å². The van der Waals surface area contributed by atoms with Crippen LogP contribution in [-0.2, 0) is 0 Å². The first-order chi connectivity index (χ1) is 7.15. The standard InChI is InChI=1S/C11H9ClF2O/c12-9-7-11(14)10(13)6-8(9)4-2-1-3-5-15/h6-7,15H,1,3,5H2. The van der Waals surface area contributed by atoms with E-state index in [2.05, 4.69) is 11.8 Å². The third kappa shape index (κ3) is 3.50. The smallest absolute Gasteiger partial charge is 0.160 e. The van der Waals surface area contributed by atoms with Gasteiger partial charge in [-0.2, -0.15) is 0 Å². The van der Waals surface area contributed by atoms with Crippen molar-refractivity contribution in [2.75, 3.05) is 6.61 Å². The van der Waals surface area contributed by atoms with Gasteiger partial charge in [0, 0.05) is 18.6 Å². The molecular weight excluding hydrogens is 222 g/mol. The fourth-order valence-electron chi connectivity index (χ4n) is 0.944. The molecule has 1 N–H and O–H groups in total. The second-order valence-corrected chi connectivity index (χ2v) is 3.28. The zero-order valence-electron chi connectivity index (χ0n) is 7.86. The Morgan fingerprint density at radius 2 is 1.93 bits per heavy atom. The molecule has 0 aliphatic heterocycles. The van der Waals surface area contributed by atoms with E-state index in [4.69, 9.17) is 16.7 Å². The summed E-state index contributed by atoms with van der Waals surface area (Å²) < 4.78 is 25.5. The van der Waals surface area contributed by atoms with E-state index in [0.29, 0.717) is 12.8 Å². The molecule has 0 aliphatic carbocycles. The number of halogens is 3. The molecule has 0 fully saturated rings. The fraction of sp³-hybridized carbons (Fsp3) is 0.273. The van der Waals surface area contributed by atoms with Gasteiger partial charge in [-0.3, -0.25) is 0 Å². The average molecular weight is 231 g/mol. The van der Waals surface area contributed by atoms with Crippen LogP contribution in [0.5, 0.6) is 0 Å². The molecule has 0 unspecified atom stereocenters. The lowest BCUT2D eigenvalue weighted by Crippen LogP contribution is -1.87. The van der Waals surface area contributed by atoms with E-state index in [1.54, 1.807) is 0 Å². The van der Waals surface area contributed by atoms with E-state index < -0.39 is 11.6 Å². The highest BCUT2D eigenvalue weighted by atomic mass is 35.5. The molecule has 1 rings (SSSR count). The molecule has 4 heteroatoms. The van der Waals surface area contributed by atoms with Crippen LogP contribution >= 0.6 is 11.6 Å². The summed E-state index contributed by atoms with van der Waals surface area (Å²) in [6, 6.07) is 1.86. The number of hydrogen-bond donors (Lipinski definition) is 1. The lowest BCUT2D eigenvalue weighted by molar-refractivity contribution is 0.290. The van der Waals surface area contributed by atoms with Crippen LogP contribution in [0, 0.1) is 23.5 Å². The van der Waals surface area contributed by atoms with Crippen LogP contribution in [0.25, 0.3) is 0 Å². The van der Waals surface area contributed by atoms with Gasteiger partial charge in [0.25, 0.3) is 0 Å². The maximum atomic E-state index is 12.8. The Balaban J connectivity index is 2.84. The molecule has 0 spiro atoms. The van der Waals surface area contributed by atoms with Gasteiger partial charge in [0.2, 0.25) is 0 Å². The molecule has 0 amide bonds. The van der Waals surface area contributed by atoms with Gasteiger partial charge in [0.15, 0.2) is 11.6 Å². The van der Waals surface area contributed by atoms with Gasteiger partial charge in [0.05, 0.1) is 5.02 Å². The van der Waals surface area contributed by atoms with Crippen LogP contribution < -0.4 is 0 Å². The van der Waals surface area contributed by atoms with Crippen molar-refractivity contribution in [1.29, 1.82) is 0 Å². The minimum absolute atomic E-state index is 0.0557. The molecule has 0 aliphatic rings. The van der Waals surface area contributed by atoms with Crippen molar-refractivity contribution < 1.29 is 13.9 Å². The Bertz CT molecular complexity index is 407. The van der Waals surface area contributed by atoms with Gasteiger partial charge in [-0.05, 0) is 18.6 Å². The SMILES string of the molecule is OCCCC#Cc1cc(F)c(F)cc1Cl. The Kier molecular flexibility index (Phi) is 4.54. The second-order valence-electron chi connectivity index (χ2n) is 2.88. The number of hydrogen-bond acceptors (Lipinski definition) is 1. The van der Waals surface area contributed by atoms with E-state index in [1.807, 2.05) is 0 Å². The summed E-state index contributed by atoms with van der Waals surface area (Å²) in [4.78, 5) is 0. The number of aliphatic hydroxyl groups excluding tert-OH is 1. The molecule has 0 saturated heterocycles. The Hall–Kier alpha value is -1.11. The number of aliphatic hydroxyl groups is 1. The lowest BCUT2D eigenvalue weighted by atomic mass is 10.2. The van der Waals surface area contributed by atoms with Crippen molar-refractivity contribution in [3.05, 3.63) is 34.4 Å². The van der Waals surface area contributed by atoms with Crippen LogP contribution in [-0.4, -0.2) is 11.7 Å². The third-order valence-corrected chi connectivity index (χ3v) is 2.01. The predicted molar refractivity (Wildman–Crippen MR) is 54.6 cm³/mol. The number of unbranched alkanes of at least 4 members (excludes halogenated alkanes) is 1. The summed E-state index contributed by atoms with van der Waals surface area (Å²) in [6.07, 6.45) is 1.04. The summed E-state index contributed by atoms with van der Waals surface area (Å²) in [5.41, 5.74) is 0.258. The van der Waals surface area contributed by atoms with Crippen molar-refractivity contribution >= 4 is 11.6 Å². The van der Waals surface area contributed by atoms with Crippen LogP contribution in [0.4, 0.5) is 8.78 Å². The van der Waals surface area contributed by atoms with Crippen LogP contribution in [0.3, 0.4) is 0 Å². The quantitative estimate of drug-likeness (QED) is 0.471. The molecule has 1 aromatic rings. The normalized spacial score (nSPS) is 9.60. The minimum atomic E-state index is -0.985.